The van der Waals surface area contributed by atoms with Crippen LogP contribution in [-0.2, 0) is 13.5 Å². The molecule has 2 aliphatic rings. The van der Waals surface area contributed by atoms with Crippen LogP contribution in [0.4, 0.5) is 5.82 Å². The number of likely N-dealkylation sites (tertiary alicyclic amines) is 1. The minimum absolute atomic E-state index is 0.189. The second-order valence-corrected chi connectivity index (χ2v) is 8.79. The number of rotatable bonds is 0. The zero-order chi connectivity index (χ0) is 22.6. The summed E-state index contributed by atoms with van der Waals surface area (Å²) in [6.45, 7) is 5.46. The van der Waals surface area contributed by atoms with Gasteiger partial charge in [-0.05, 0) is 33.0 Å². The molecule has 2 bridgehead atoms. The third kappa shape index (κ3) is 3.24. The molecule has 1 atom stereocenters. The molecule has 5 rings (SSSR count). The van der Waals surface area contributed by atoms with Crippen LogP contribution in [0.15, 0.2) is 24.4 Å². The van der Waals surface area contributed by atoms with Gasteiger partial charge >= 0.3 is 0 Å². The van der Waals surface area contributed by atoms with Crippen molar-refractivity contribution in [2.75, 3.05) is 25.9 Å². The SMILES string of the molecule is Cc1ccc2c(c1)[C@@H](C)Oc1nc(cnc1N)-c1c(nn(C)c1C#N)CC1(CN(C)C1)O2. The van der Waals surface area contributed by atoms with E-state index in [2.05, 4.69) is 39.1 Å². The van der Waals surface area contributed by atoms with E-state index in [0.717, 1.165) is 35.7 Å². The summed E-state index contributed by atoms with van der Waals surface area (Å²) in [5.41, 5.74) is 9.94. The molecule has 2 N–H and O–H groups in total. The van der Waals surface area contributed by atoms with Gasteiger partial charge in [-0.1, -0.05) is 11.6 Å². The number of nitrogens with two attached hydrogens (primary N) is 1. The fourth-order valence-electron chi connectivity index (χ4n) is 4.69. The number of aromatic nitrogens is 4. The van der Waals surface area contributed by atoms with Crippen molar-refractivity contribution in [2.24, 2.45) is 7.05 Å². The van der Waals surface area contributed by atoms with Gasteiger partial charge in [-0.3, -0.25) is 9.58 Å². The summed E-state index contributed by atoms with van der Waals surface area (Å²) in [6.07, 6.45) is 1.74. The smallest absolute Gasteiger partial charge is 0.258 e. The molecule has 0 unspecified atom stereocenters. The summed E-state index contributed by atoms with van der Waals surface area (Å²) in [4.78, 5) is 11.2. The number of nitriles is 1. The Labute approximate surface area is 186 Å². The molecule has 1 saturated heterocycles. The Morgan fingerprint density at radius 2 is 2.06 bits per heavy atom. The van der Waals surface area contributed by atoms with Crippen molar-refractivity contribution in [2.45, 2.75) is 32.0 Å². The van der Waals surface area contributed by atoms with Gasteiger partial charge in [0.05, 0.1) is 23.1 Å². The molecule has 1 aromatic carbocycles. The van der Waals surface area contributed by atoms with E-state index in [4.69, 9.17) is 15.2 Å². The van der Waals surface area contributed by atoms with Gasteiger partial charge in [0.25, 0.3) is 5.88 Å². The van der Waals surface area contributed by atoms with Crippen LogP contribution in [0.3, 0.4) is 0 Å². The molecule has 0 aliphatic carbocycles. The molecule has 3 aromatic rings. The summed E-state index contributed by atoms with van der Waals surface area (Å²) in [7, 11) is 3.82. The molecule has 164 valence electrons. The highest BCUT2D eigenvalue weighted by molar-refractivity contribution is 5.69. The van der Waals surface area contributed by atoms with Gasteiger partial charge in [-0.15, -0.1) is 0 Å². The lowest BCUT2D eigenvalue weighted by Crippen LogP contribution is -2.64. The lowest BCUT2D eigenvalue weighted by Gasteiger charge is -2.48. The first-order chi connectivity index (χ1) is 15.3. The molecule has 32 heavy (non-hydrogen) atoms. The molecular weight excluding hydrogens is 406 g/mol. The van der Waals surface area contributed by atoms with Gasteiger partial charge in [-0.25, -0.2) is 9.97 Å². The number of anilines is 1. The molecular formula is C23H25N7O2. The molecule has 9 heteroatoms. The van der Waals surface area contributed by atoms with Crippen LogP contribution in [0.2, 0.25) is 0 Å². The number of nitrogens with zero attached hydrogens (tertiary/aromatic N) is 6. The van der Waals surface area contributed by atoms with Gasteiger partial charge in [0.1, 0.15) is 29.2 Å². The highest BCUT2D eigenvalue weighted by Crippen LogP contribution is 2.39. The van der Waals surface area contributed by atoms with E-state index >= 15 is 0 Å². The van der Waals surface area contributed by atoms with Gasteiger partial charge in [-0.2, -0.15) is 10.4 Å². The monoisotopic (exact) mass is 431 g/mol. The molecule has 0 amide bonds. The standard InChI is InChI=1S/C23H25N7O2/c1-13-5-6-19-15(7-13)14(2)31-22-21(25)26-10-17(27-22)20-16(28-30(4)18(20)9-24)8-23(32-19)11-29(3)12-23/h5-7,10,14H,8,11-12H2,1-4H3,(H2,25,26)/t14-/m1/s1. The zero-order valence-electron chi connectivity index (χ0n) is 18.6. The molecule has 0 radical (unpaired) electrons. The number of aryl methyl sites for hydroxylation is 2. The third-order valence-corrected chi connectivity index (χ3v) is 6.07. The molecule has 2 aromatic heterocycles. The first-order valence-corrected chi connectivity index (χ1v) is 10.5. The lowest BCUT2D eigenvalue weighted by molar-refractivity contribution is -0.0656. The maximum absolute atomic E-state index is 9.82. The van der Waals surface area contributed by atoms with Crippen LogP contribution >= 0.6 is 0 Å². The molecule has 1 fully saturated rings. The first-order valence-electron chi connectivity index (χ1n) is 10.5. The van der Waals surface area contributed by atoms with Crippen molar-refractivity contribution in [1.82, 2.24) is 24.6 Å². The van der Waals surface area contributed by atoms with Crippen molar-refractivity contribution in [1.29, 1.82) is 5.26 Å². The Balaban J connectivity index is 1.74. The molecule has 9 nitrogen and oxygen atoms in total. The fourth-order valence-corrected chi connectivity index (χ4v) is 4.69. The fraction of sp³-hybridized carbons (Fsp3) is 0.391. The topological polar surface area (TPSA) is 115 Å². The minimum Gasteiger partial charge on any atom is -0.484 e. The zero-order valence-corrected chi connectivity index (χ0v) is 18.6. The maximum atomic E-state index is 9.82. The number of likely N-dealkylation sites (N-methyl/N-ethyl adjacent to an activating group) is 1. The predicted octanol–water partition coefficient (Wildman–Crippen LogP) is 2.40. The summed E-state index contributed by atoms with van der Waals surface area (Å²) in [5, 5.41) is 14.5. The summed E-state index contributed by atoms with van der Waals surface area (Å²) in [6, 6.07) is 8.33. The molecule has 1 spiro atoms. The first kappa shape index (κ1) is 20.3. The van der Waals surface area contributed by atoms with E-state index < -0.39 is 5.60 Å². The van der Waals surface area contributed by atoms with Crippen LogP contribution in [0.1, 0.15) is 35.5 Å². The Morgan fingerprint density at radius 1 is 1.28 bits per heavy atom. The number of benzene rings is 1. The number of ether oxygens (including phenoxy) is 2. The number of fused-ring (bicyclic) bond motifs is 5. The number of hydrogen-bond acceptors (Lipinski definition) is 8. The van der Waals surface area contributed by atoms with Crippen LogP contribution < -0.4 is 15.2 Å². The molecule has 0 saturated carbocycles. The Hall–Kier alpha value is -3.64. The second-order valence-electron chi connectivity index (χ2n) is 8.79. The largest absolute Gasteiger partial charge is 0.484 e. The highest BCUT2D eigenvalue weighted by atomic mass is 16.5. The van der Waals surface area contributed by atoms with E-state index in [1.165, 1.54) is 0 Å². The summed E-state index contributed by atoms with van der Waals surface area (Å²) in [5.74, 6) is 1.17. The number of hydrogen-bond donors (Lipinski definition) is 1. The van der Waals surface area contributed by atoms with Crippen LogP contribution in [-0.4, -0.2) is 50.4 Å². The van der Waals surface area contributed by atoms with Crippen LogP contribution in [0, 0.1) is 18.3 Å². The van der Waals surface area contributed by atoms with Crippen LogP contribution in [0.5, 0.6) is 11.6 Å². The van der Waals surface area contributed by atoms with Crippen LogP contribution in [0.25, 0.3) is 11.3 Å². The maximum Gasteiger partial charge on any atom is 0.258 e. The minimum atomic E-state index is -0.475. The van der Waals surface area contributed by atoms with Gasteiger partial charge in [0.15, 0.2) is 5.82 Å². The Morgan fingerprint density at radius 3 is 2.78 bits per heavy atom. The van der Waals surface area contributed by atoms with E-state index in [-0.39, 0.29) is 17.8 Å². The highest BCUT2D eigenvalue weighted by Gasteiger charge is 2.46. The van der Waals surface area contributed by atoms with Crippen molar-refractivity contribution in [3.63, 3.8) is 0 Å². The van der Waals surface area contributed by atoms with E-state index in [1.54, 1.807) is 17.9 Å². The van der Waals surface area contributed by atoms with Crippen molar-refractivity contribution in [3.05, 3.63) is 46.9 Å². The number of nitrogen functional groups attached to an aromatic ring is 1. The average molecular weight is 432 g/mol. The van der Waals surface area contributed by atoms with Gasteiger partial charge < -0.3 is 15.2 Å². The van der Waals surface area contributed by atoms with Gasteiger partial charge in [0.2, 0.25) is 0 Å². The molecule has 2 aliphatic heterocycles. The lowest BCUT2D eigenvalue weighted by atomic mass is 9.87. The van der Waals surface area contributed by atoms with E-state index in [9.17, 15) is 5.26 Å². The summed E-state index contributed by atoms with van der Waals surface area (Å²) >= 11 is 0. The third-order valence-electron chi connectivity index (χ3n) is 6.07. The average Bonchev–Trinajstić information content (AvgIpc) is 3.03. The van der Waals surface area contributed by atoms with E-state index in [1.807, 2.05) is 26.0 Å². The van der Waals surface area contributed by atoms with Gasteiger partial charge in [0, 0.05) is 32.1 Å². The normalized spacial score (nSPS) is 19.3. The Bertz CT molecular complexity index is 1250. The van der Waals surface area contributed by atoms with Crippen molar-refractivity contribution < 1.29 is 9.47 Å². The quantitative estimate of drug-likeness (QED) is 0.577. The molecule has 4 heterocycles. The Kier molecular flexibility index (Phi) is 4.57. The second kappa shape index (κ2) is 7.21. The summed E-state index contributed by atoms with van der Waals surface area (Å²) < 4.78 is 14.5. The van der Waals surface area contributed by atoms with E-state index in [0.29, 0.717) is 23.4 Å². The predicted molar refractivity (Wildman–Crippen MR) is 118 cm³/mol. The van der Waals surface area contributed by atoms with Crippen molar-refractivity contribution >= 4 is 5.82 Å². The van der Waals surface area contributed by atoms with Crippen molar-refractivity contribution in [3.8, 4) is 29.0 Å².